The quantitative estimate of drug-likeness (QED) is 0.712. The molecule has 1 aliphatic rings. The molecule has 25 heavy (non-hydrogen) atoms. The van der Waals surface area contributed by atoms with Crippen molar-refractivity contribution < 1.29 is 18.0 Å². The molecule has 1 heterocycles. The van der Waals surface area contributed by atoms with Crippen LogP contribution in [0.4, 0.5) is 13.2 Å². The number of hydrogen-bond donors (Lipinski definition) is 0. The third-order valence-corrected chi connectivity index (χ3v) is 4.23. The molecule has 0 radical (unpaired) electrons. The van der Waals surface area contributed by atoms with Crippen LogP contribution in [0.5, 0.6) is 0 Å². The van der Waals surface area contributed by atoms with E-state index in [9.17, 15) is 18.0 Å². The third-order valence-electron chi connectivity index (χ3n) is 4.23. The lowest BCUT2D eigenvalue weighted by molar-refractivity contribution is -0.137. The van der Waals surface area contributed by atoms with Gasteiger partial charge >= 0.3 is 6.18 Å². The van der Waals surface area contributed by atoms with E-state index < -0.39 is 11.7 Å². The SMILES string of the molecule is CC1(C)Cc2ccccc2C(CC(=O)c2cccc(C(F)(F)F)c2)=N1. The van der Waals surface area contributed by atoms with Crippen LogP contribution in [-0.2, 0) is 12.6 Å². The Morgan fingerprint density at radius 2 is 1.84 bits per heavy atom. The zero-order chi connectivity index (χ0) is 18.2. The summed E-state index contributed by atoms with van der Waals surface area (Å²) in [4.78, 5) is 17.2. The van der Waals surface area contributed by atoms with Crippen LogP contribution in [0.2, 0.25) is 0 Å². The van der Waals surface area contributed by atoms with Gasteiger partial charge in [0, 0.05) is 5.56 Å². The molecule has 0 fully saturated rings. The highest BCUT2D eigenvalue weighted by Crippen LogP contribution is 2.31. The first-order chi connectivity index (χ1) is 11.7. The van der Waals surface area contributed by atoms with Crippen molar-refractivity contribution in [3.8, 4) is 0 Å². The van der Waals surface area contributed by atoms with Crippen molar-refractivity contribution in [1.29, 1.82) is 0 Å². The zero-order valence-corrected chi connectivity index (χ0v) is 14.0. The lowest BCUT2D eigenvalue weighted by Crippen LogP contribution is -2.30. The second kappa shape index (κ2) is 6.14. The number of carbonyl (C=O) groups excluding carboxylic acids is 1. The third kappa shape index (κ3) is 3.81. The summed E-state index contributed by atoms with van der Waals surface area (Å²) in [6.45, 7) is 3.97. The number of carbonyl (C=O) groups is 1. The van der Waals surface area contributed by atoms with Gasteiger partial charge in [0.15, 0.2) is 5.78 Å². The van der Waals surface area contributed by atoms with E-state index in [4.69, 9.17) is 0 Å². The Kier molecular flexibility index (Phi) is 4.27. The van der Waals surface area contributed by atoms with Gasteiger partial charge in [0.25, 0.3) is 0 Å². The average Bonchev–Trinajstić information content (AvgIpc) is 2.53. The largest absolute Gasteiger partial charge is 0.416 e. The van der Waals surface area contributed by atoms with E-state index in [1.54, 1.807) is 0 Å². The monoisotopic (exact) mass is 345 g/mol. The molecule has 1 aliphatic heterocycles. The summed E-state index contributed by atoms with van der Waals surface area (Å²) < 4.78 is 38.6. The van der Waals surface area contributed by atoms with Gasteiger partial charge in [-0.1, -0.05) is 36.4 Å². The van der Waals surface area contributed by atoms with E-state index in [0.29, 0.717) is 5.71 Å². The number of halogens is 3. The van der Waals surface area contributed by atoms with Gasteiger partial charge in [0.1, 0.15) is 0 Å². The second-order valence-corrected chi connectivity index (χ2v) is 6.88. The van der Waals surface area contributed by atoms with Gasteiger partial charge in [-0.2, -0.15) is 13.2 Å². The van der Waals surface area contributed by atoms with E-state index in [2.05, 4.69) is 4.99 Å². The van der Waals surface area contributed by atoms with Gasteiger partial charge in [-0.25, -0.2) is 0 Å². The molecule has 0 unspecified atom stereocenters. The number of Topliss-reactive ketones (excluding diaryl/α,β-unsaturated/α-hetero) is 1. The molecule has 0 saturated heterocycles. The van der Waals surface area contributed by atoms with Crippen LogP contribution < -0.4 is 0 Å². The number of nitrogens with zero attached hydrogens (tertiary/aromatic N) is 1. The molecular weight excluding hydrogens is 327 g/mol. The Balaban J connectivity index is 1.92. The molecule has 0 saturated carbocycles. The van der Waals surface area contributed by atoms with E-state index in [-0.39, 0.29) is 23.3 Å². The molecule has 0 spiro atoms. The van der Waals surface area contributed by atoms with E-state index in [1.807, 2.05) is 38.1 Å². The van der Waals surface area contributed by atoms with Gasteiger partial charge in [-0.3, -0.25) is 9.79 Å². The van der Waals surface area contributed by atoms with Crippen LogP contribution in [0.1, 0.15) is 47.3 Å². The molecule has 2 aromatic carbocycles. The predicted molar refractivity (Wildman–Crippen MR) is 91.2 cm³/mol. The molecule has 2 aromatic rings. The van der Waals surface area contributed by atoms with Crippen LogP contribution in [0.25, 0.3) is 0 Å². The lowest BCUT2D eigenvalue weighted by Gasteiger charge is -2.29. The summed E-state index contributed by atoms with van der Waals surface area (Å²) in [5.74, 6) is -0.364. The highest BCUT2D eigenvalue weighted by molar-refractivity contribution is 6.16. The maximum absolute atomic E-state index is 12.9. The Bertz CT molecular complexity index is 850. The summed E-state index contributed by atoms with van der Waals surface area (Å²) in [7, 11) is 0. The molecule has 5 heteroatoms. The standard InChI is InChI=1S/C20H18F3NO/c1-19(2)12-14-6-3-4-9-16(14)17(24-19)11-18(25)13-7-5-8-15(10-13)20(21,22)23/h3-10H,11-12H2,1-2H3. The molecule has 130 valence electrons. The Labute approximate surface area is 144 Å². The first-order valence-electron chi connectivity index (χ1n) is 8.03. The van der Waals surface area contributed by atoms with Crippen molar-refractivity contribution in [2.24, 2.45) is 4.99 Å². The topological polar surface area (TPSA) is 29.4 Å². The van der Waals surface area contributed by atoms with E-state index in [1.165, 1.54) is 12.1 Å². The maximum Gasteiger partial charge on any atom is 0.416 e. The predicted octanol–water partition coefficient (Wildman–Crippen LogP) is 5.10. The zero-order valence-electron chi connectivity index (χ0n) is 14.0. The van der Waals surface area contributed by atoms with Crippen molar-refractivity contribution in [2.45, 2.75) is 38.4 Å². The molecule has 0 atom stereocenters. The fraction of sp³-hybridized carbons (Fsp3) is 0.300. The molecule has 0 N–H and O–H groups in total. The number of benzene rings is 2. The minimum Gasteiger partial charge on any atom is -0.294 e. The number of alkyl halides is 3. The van der Waals surface area contributed by atoms with Crippen LogP contribution >= 0.6 is 0 Å². The highest BCUT2D eigenvalue weighted by Gasteiger charge is 2.31. The van der Waals surface area contributed by atoms with E-state index in [0.717, 1.165) is 29.7 Å². The molecular formula is C20H18F3NO. The van der Waals surface area contributed by atoms with Crippen LogP contribution in [0, 0.1) is 0 Å². The number of rotatable bonds is 3. The second-order valence-electron chi connectivity index (χ2n) is 6.88. The average molecular weight is 345 g/mol. The number of aliphatic imine (C=N–C) groups is 1. The van der Waals surface area contributed by atoms with Gasteiger partial charge < -0.3 is 0 Å². The Morgan fingerprint density at radius 1 is 1.12 bits per heavy atom. The number of fused-ring (bicyclic) bond motifs is 1. The maximum atomic E-state index is 12.9. The fourth-order valence-corrected chi connectivity index (χ4v) is 3.15. The molecule has 0 bridgehead atoms. The number of hydrogen-bond acceptors (Lipinski definition) is 2. The summed E-state index contributed by atoms with van der Waals surface area (Å²) in [6.07, 6.45) is -3.71. The summed E-state index contributed by atoms with van der Waals surface area (Å²) in [6, 6.07) is 12.3. The first kappa shape index (κ1) is 17.4. The summed E-state index contributed by atoms with van der Waals surface area (Å²) >= 11 is 0. The Morgan fingerprint density at radius 3 is 2.56 bits per heavy atom. The number of ketones is 1. The van der Waals surface area contributed by atoms with Crippen molar-refractivity contribution >= 4 is 11.5 Å². The first-order valence-corrected chi connectivity index (χ1v) is 8.03. The van der Waals surface area contributed by atoms with Gasteiger partial charge in [-0.15, -0.1) is 0 Å². The summed E-state index contributed by atoms with van der Waals surface area (Å²) in [5, 5.41) is 0. The normalized spacial score (nSPS) is 16.1. The Hall–Kier alpha value is -2.43. The van der Waals surface area contributed by atoms with Gasteiger partial charge in [0.2, 0.25) is 0 Å². The van der Waals surface area contributed by atoms with E-state index >= 15 is 0 Å². The lowest BCUT2D eigenvalue weighted by atomic mass is 9.85. The molecule has 0 aliphatic carbocycles. The molecule has 3 rings (SSSR count). The molecule has 2 nitrogen and oxygen atoms in total. The van der Waals surface area contributed by atoms with Crippen LogP contribution in [0.3, 0.4) is 0 Å². The smallest absolute Gasteiger partial charge is 0.294 e. The van der Waals surface area contributed by atoms with Gasteiger partial charge in [0.05, 0.1) is 23.2 Å². The molecule has 0 amide bonds. The summed E-state index contributed by atoms with van der Waals surface area (Å²) in [5.41, 5.74) is 1.55. The van der Waals surface area contributed by atoms with Gasteiger partial charge in [-0.05, 0) is 43.5 Å². The van der Waals surface area contributed by atoms with Crippen molar-refractivity contribution in [2.75, 3.05) is 0 Å². The van der Waals surface area contributed by atoms with Crippen LogP contribution in [-0.4, -0.2) is 17.0 Å². The van der Waals surface area contributed by atoms with Crippen molar-refractivity contribution in [1.82, 2.24) is 0 Å². The highest BCUT2D eigenvalue weighted by atomic mass is 19.4. The van der Waals surface area contributed by atoms with Crippen molar-refractivity contribution in [3.63, 3.8) is 0 Å². The molecule has 0 aromatic heterocycles. The fourth-order valence-electron chi connectivity index (χ4n) is 3.15. The van der Waals surface area contributed by atoms with Crippen LogP contribution in [0.15, 0.2) is 53.5 Å². The minimum absolute atomic E-state index is 0.0121. The van der Waals surface area contributed by atoms with Crippen molar-refractivity contribution in [3.05, 3.63) is 70.8 Å². The minimum atomic E-state index is -4.47.